The molecule has 4 atom stereocenters. The van der Waals surface area contributed by atoms with Gasteiger partial charge in [-0.05, 0) is 82.4 Å². The first-order chi connectivity index (χ1) is 14.6. The first kappa shape index (κ1) is 19.9. The number of pyridine rings is 2. The lowest BCUT2D eigenvalue weighted by molar-refractivity contribution is 0.243. The number of hydrogen-bond acceptors (Lipinski definition) is 4. The first-order valence-corrected chi connectivity index (χ1v) is 11.6. The molecule has 0 aliphatic carbocycles. The van der Waals surface area contributed by atoms with Gasteiger partial charge in [0, 0.05) is 54.2 Å². The Morgan fingerprint density at radius 2 is 1.50 bits per heavy atom. The second-order valence-electron chi connectivity index (χ2n) is 9.83. The summed E-state index contributed by atoms with van der Waals surface area (Å²) in [6.45, 7) is 11.5. The van der Waals surface area contributed by atoms with Gasteiger partial charge in [0.15, 0.2) is 0 Å². The lowest BCUT2D eigenvalue weighted by atomic mass is 9.75. The normalized spacial score (nSPS) is 33.8. The highest BCUT2D eigenvalue weighted by Crippen LogP contribution is 2.41. The Bertz CT molecular complexity index is 900. The topological polar surface area (TPSA) is 32.3 Å². The van der Waals surface area contributed by atoms with Gasteiger partial charge in [0.05, 0.1) is 0 Å². The van der Waals surface area contributed by atoms with Crippen LogP contribution in [0, 0.1) is 13.8 Å². The van der Waals surface area contributed by atoms with Crippen LogP contribution in [-0.2, 0) is 10.8 Å². The quantitative estimate of drug-likeness (QED) is 0.710. The first-order valence-electron chi connectivity index (χ1n) is 11.6. The molecule has 4 aliphatic rings. The fourth-order valence-corrected chi connectivity index (χ4v) is 5.88. The molecule has 4 aliphatic heterocycles. The van der Waals surface area contributed by atoms with E-state index in [0.29, 0.717) is 5.41 Å². The molecule has 4 nitrogen and oxygen atoms in total. The van der Waals surface area contributed by atoms with Gasteiger partial charge in [-0.3, -0.25) is 14.9 Å². The third-order valence-electron chi connectivity index (χ3n) is 7.75. The van der Waals surface area contributed by atoms with Crippen LogP contribution >= 0.6 is 0 Å². The van der Waals surface area contributed by atoms with Gasteiger partial charge in [-0.25, -0.2) is 0 Å². The smallest absolute Gasteiger partial charge is 0.0372 e. The van der Waals surface area contributed by atoms with E-state index in [9.17, 15) is 0 Å². The molecule has 4 heteroatoms. The minimum Gasteiger partial charge on any atom is -0.302 e. The number of nitrogens with zero attached hydrogens (tertiary/aromatic N) is 4. The van der Waals surface area contributed by atoms with Crippen LogP contribution in [0.25, 0.3) is 0 Å². The van der Waals surface area contributed by atoms with E-state index in [-0.39, 0.29) is 5.41 Å². The van der Waals surface area contributed by atoms with Gasteiger partial charge < -0.3 is 4.90 Å². The molecule has 4 bridgehead atoms. The summed E-state index contributed by atoms with van der Waals surface area (Å²) in [5.41, 5.74) is 5.78. The molecular formula is C26H34N4. The second-order valence-corrected chi connectivity index (χ2v) is 9.83. The molecule has 0 radical (unpaired) electrons. The van der Waals surface area contributed by atoms with Gasteiger partial charge in [0.2, 0.25) is 0 Å². The Kier molecular flexibility index (Phi) is 5.24. The highest BCUT2D eigenvalue weighted by Gasteiger charge is 2.42. The maximum absolute atomic E-state index is 4.45. The van der Waals surface area contributed by atoms with Crippen molar-refractivity contribution >= 4 is 0 Å². The van der Waals surface area contributed by atoms with Crippen molar-refractivity contribution in [3.8, 4) is 0 Å². The monoisotopic (exact) mass is 402 g/mol. The zero-order valence-electron chi connectivity index (χ0n) is 18.5. The highest BCUT2D eigenvalue weighted by molar-refractivity contribution is 5.34. The summed E-state index contributed by atoms with van der Waals surface area (Å²) in [5, 5.41) is 0. The Morgan fingerprint density at radius 1 is 0.767 bits per heavy atom. The van der Waals surface area contributed by atoms with E-state index >= 15 is 0 Å². The van der Waals surface area contributed by atoms with Crippen molar-refractivity contribution in [2.75, 3.05) is 39.3 Å². The van der Waals surface area contributed by atoms with E-state index in [1.54, 1.807) is 0 Å². The number of aryl methyl sites for hydroxylation is 2. The zero-order chi connectivity index (χ0) is 20.6. The van der Waals surface area contributed by atoms with E-state index in [2.05, 4.69) is 75.5 Å². The van der Waals surface area contributed by atoms with E-state index in [0.717, 1.165) is 17.9 Å². The highest BCUT2D eigenvalue weighted by atomic mass is 15.2. The van der Waals surface area contributed by atoms with Crippen molar-refractivity contribution in [1.29, 1.82) is 0 Å². The fraction of sp³-hybridized carbons (Fsp3) is 0.538. The van der Waals surface area contributed by atoms with Crippen LogP contribution < -0.4 is 0 Å². The molecule has 4 unspecified atom stereocenters. The number of rotatable bonds is 2. The van der Waals surface area contributed by atoms with Crippen molar-refractivity contribution in [3.63, 3.8) is 0 Å². The lowest BCUT2D eigenvalue weighted by Gasteiger charge is -2.34. The average Bonchev–Trinajstić information content (AvgIpc) is 3.25. The van der Waals surface area contributed by atoms with Crippen LogP contribution in [0.5, 0.6) is 0 Å². The van der Waals surface area contributed by atoms with Gasteiger partial charge in [-0.2, -0.15) is 0 Å². The lowest BCUT2D eigenvalue weighted by Crippen LogP contribution is -2.36. The Balaban J connectivity index is 0.000000128. The van der Waals surface area contributed by atoms with Gasteiger partial charge in [0.25, 0.3) is 0 Å². The predicted octanol–water partition coefficient (Wildman–Crippen LogP) is 4.03. The van der Waals surface area contributed by atoms with Crippen LogP contribution in [0.1, 0.15) is 48.2 Å². The zero-order valence-corrected chi connectivity index (χ0v) is 18.5. The molecule has 3 fully saturated rings. The van der Waals surface area contributed by atoms with Gasteiger partial charge >= 0.3 is 0 Å². The fourth-order valence-electron chi connectivity index (χ4n) is 5.88. The third-order valence-corrected chi connectivity index (χ3v) is 7.75. The summed E-state index contributed by atoms with van der Waals surface area (Å²) in [4.78, 5) is 14.0. The van der Waals surface area contributed by atoms with Crippen molar-refractivity contribution in [2.24, 2.45) is 0 Å². The Morgan fingerprint density at radius 3 is 2.23 bits per heavy atom. The SMILES string of the molecule is Cc1ccc(C23C=CCN(CC2)C3)cn1.Cc1ccc(C23CCCN(CC2)C3)cn1. The second kappa shape index (κ2) is 7.90. The van der Waals surface area contributed by atoms with E-state index < -0.39 is 0 Å². The molecule has 0 spiro atoms. The Hall–Kier alpha value is -2.04. The minimum absolute atomic E-state index is 0.263. The molecule has 0 amide bonds. The molecule has 0 N–H and O–H groups in total. The molecule has 6 heterocycles. The van der Waals surface area contributed by atoms with Gasteiger partial charge in [0.1, 0.15) is 0 Å². The van der Waals surface area contributed by atoms with Gasteiger partial charge in [-0.1, -0.05) is 24.3 Å². The van der Waals surface area contributed by atoms with Gasteiger partial charge in [-0.15, -0.1) is 0 Å². The maximum atomic E-state index is 4.45. The number of fused-ring (bicyclic) bond motifs is 4. The number of aromatic nitrogens is 2. The summed E-state index contributed by atoms with van der Waals surface area (Å²) >= 11 is 0. The molecule has 0 saturated carbocycles. The van der Waals surface area contributed by atoms with Crippen molar-refractivity contribution in [3.05, 3.63) is 71.3 Å². The van der Waals surface area contributed by atoms with Crippen LogP contribution in [-0.4, -0.2) is 59.0 Å². The van der Waals surface area contributed by atoms with Crippen molar-refractivity contribution in [2.45, 2.75) is 50.4 Å². The van der Waals surface area contributed by atoms with Crippen LogP contribution in [0.2, 0.25) is 0 Å². The largest absolute Gasteiger partial charge is 0.302 e. The molecule has 0 aromatic carbocycles. The van der Waals surface area contributed by atoms with E-state index in [1.165, 1.54) is 69.5 Å². The standard InChI is InChI=1S/C13H18N2.C13H16N2/c2*1-11-3-4-12(9-14-11)13-5-2-7-15(10-13)8-6-13/h3-4,9H,2,5-8,10H2,1H3;2-5,9H,6-8,10H2,1H3. The minimum atomic E-state index is 0.263. The molecule has 158 valence electrons. The molecule has 2 aromatic rings. The molecule has 2 aromatic heterocycles. The molecule has 30 heavy (non-hydrogen) atoms. The van der Waals surface area contributed by atoms with E-state index in [4.69, 9.17) is 0 Å². The number of hydrogen-bond donors (Lipinski definition) is 0. The van der Waals surface area contributed by atoms with Crippen molar-refractivity contribution < 1.29 is 0 Å². The molecule has 3 saturated heterocycles. The third kappa shape index (κ3) is 3.72. The maximum Gasteiger partial charge on any atom is 0.0372 e. The van der Waals surface area contributed by atoms with Crippen LogP contribution in [0.4, 0.5) is 0 Å². The average molecular weight is 403 g/mol. The summed E-state index contributed by atoms with van der Waals surface area (Å²) in [6, 6.07) is 8.80. The summed E-state index contributed by atoms with van der Waals surface area (Å²) < 4.78 is 0. The number of piperidine rings is 1. The van der Waals surface area contributed by atoms with E-state index in [1.807, 2.05) is 6.92 Å². The Labute approximate surface area is 181 Å². The summed E-state index contributed by atoms with van der Waals surface area (Å²) in [5.74, 6) is 0. The summed E-state index contributed by atoms with van der Waals surface area (Å²) in [7, 11) is 0. The summed E-state index contributed by atoms with van der Waals surface area (Å²) in [6.07, 6.45) is 14.1. The van der Waals surface area contributed by atoms with Crippen LogP contribution in [0.15, 0.2) is 48.8 Å². The molecule has 6 rings (SSSR count). The molecular weight excluding hydrogens is 368 g/mol. The van der Waals surface area contributed by atoms with Crippen LogP contribution in [0.3, 0.4) is 0 Å². The predicted molar refractivity (Wildman–Crippen MR) is 122 cm³/mol. The van der Waals surface area contributed by atoms with Crippen molar-refractivity contribution in [1.82, 2.24) is 19.8 Å².